The van der Waals surface area contributed by atoms with Crippen molar-refractivity contribution in [3.05, 3.63) is 46.4 Å². The zero-order valence-electron chi connectivity index (χ0n) is 15.1. The molecule has 0 bridgehead atoms. The van der Waals surface area contributed by atoms with Crippen LogP contribution in [0.5, 0.6) is 5.75 Å². The Kier molecular flexibility index (Phi) is 6.05. The van der Waals surface area contributed by atoms with Crippen molar-refractivity contribution < 1.29 is 13.2 Å². The smallest absolute Gasteiger partial charge is 0.261 e. The lowest BCUT2D eigenvalue weighted by atomic mass is 10.2. The fraction of sp³-hybridized carbons (Fsp3) is 0.333. The molecular formula is C18H21Cl2N3O3S. The van der Waals surface area contributed by atoms with E-state index in [1.165, 1.54) is 12.1 Å². The average Bonchev–Trinajstić information content (AvgIpc) is 2.64. The number of sulfonamides is 1. The first-order valence-electron chi connectivity index (χ1n) is 8.39. The molecule has 0 amide bonds. The first kappa shape index (κ1) is 20.1. The van der Waals surface area contributed by atoms with Gasteiger partial charge in [-0.1, -0.05) is 23.2 Å². The van der Waals surface area contributed by atoms with E-state index in [9.17, 15) is 8.42 Å². The van der Waals surface area contributed by atoms with Crippen LogP contribution in [0.3, 0.4) is 0 Å². The molecule has 2 aromatic carbocycles. The summed E-state index contributed by atoms with van der Waals surface area (Å²) in [7, 11) is -0.138. The van der Waals surface area contributed by atoms with Crippen LogP contribution in [-0.4, -0.2) is 53.7 Å². The molecule has 6 nitrogen and oxygen atoms in total. The molecule has 0 unspecified atom stereocenters. The van der Waals surface area contributed by atoms with Gasteiger partial charge in [-0.05, 0) is 43.4 Å². The number of halogens is 2. The summed E-state index contributed by atoms with van der Waals surface area (Å²) >= 11 is 11.9. The molecule has 27 heavy (non-hydrogen) atoms. The summed E-state index contributed by atoms with van der Waals surface area (Å²) in [5.74, 6) is 0.646. The van der Waals surface area contributed by atoms with Gasteiger partial charge in [-0.25, -0.2) is 8.42 Å². The number of rotatable bonds is 5. The van der Waals surface area contributed by atoms with Crippen LogP contribution < -0.4 is 14.4 Å². The third kappa shape index (κ3) is 4.60. The largest absolute Gasteiger partial charge is 0.495 e. The standard InChI is InChI=1S/C18H21Cl2N3O3S/c1-22-7-9-23(10-8-22)17-12-14(4-6-18(17)26-2)27(24,25)21-13-3-5-15(19)16(20)11-13/h3-6,11-12,21H,7-10H2,1-2H3. The minimum Gasteiger partial charge on any atom is -0.495 e. The summed E-state index contributed by atoms with van der Waals surface area (Å²) in [5, 5.41) is 0.645. The molecule has 146 valence electrons. The summed E-state index contributed by atoms with van der Waals surface area (Å²) in [6, 6.07) is 9.44. The van der Waals surface area contributed by atoms with Crippen molar-refractivity contribution in [2.45, 2.75) is 4.90 Å². The van der Waals surface area contributed by atoms with E-state index in [1.807, 2.05) is 0 Å². The molecule has 1 fully saturated rings. The fourth-order valence-electron chi connectivity index (χ4n) is 2.91. The van der Waals surface area contributed by atoms with Gasteiger partial charge in [0.1, 0.15) is 5.75 Å². The first-order valence-corrected chi connectivity index (χ1v) is 10.6. The lowest BCUT2D eigenvalue weighted by molar-refractivity contribution is 0.311. The van der Waals surface area contributed by atoms with Gasteiger partial charge in [0.15, 0.2) is 0 Å². The Bertz CT molecular complexity index is 929. The van der Waals surface area contributed by atoms with E-state index in [2.05, 4.69) is 21.6 Å². The van der Waals surface area contributed by atoms with Gasteiger partial charge >= 0.3 is 0 Å². The molecule has 0 aromatic heterocycles. The molecule has 0 spiro atoms. The van der Waals surface area contributed by atoms with E-state index in [0.717, 1.165) is 31.9 Å². The maximum absolute atomic E-state index is 12.8. The molecule has 1 saturated heterocycles. The van der Waals surface area contributed by atoms with Crippen molar-refractivity contribution >= 4 is 44.6 Å². The molecule has 0 radical (unpaired) electrons. The highest BCUT2D eigenvalue weighted by Crippen LogP contribution is 2.33. The second kappa shape index (κ2) is 8.14. The predicted molar refractivity (Wildman–Crippen MR) is 110 cm³/mol. The molecule has 2 aromatic rings. The average molecular weight is 430 g/mol. The van der Waals surface area contributed by atoms with Crippen molar-refractivity contribution in [1.29, 1.82) is 0 Å². The SMILES string of the molecule is COc1ccc(S(=O)(=O)Nc2ccc(Cl)c(Cl)c2)cc1N1CCN(C)CC1. The highest BCUT2D eigenvalue weighted by Gasteiger charge is 2.22. The summed E-state index contributed by atoms with van der Waals surface area (Å²) in [5.41, 5.74) is 1.11. The molecule has 1 N–H and O–H groups in total. The highest BCUT2D eigenvalue weighted by molar-refractivity contribution is 7.92. The number of hydrogen-bond acceptors (Lipinski definition) is 5. The third-order valence-corrected chi connectivity index (χ3v) is 6.59. The number of anilines is 2. The molecule has 1 heterocycles. The van der Waals surface area contributed by atoms with Crippen LogP contribution in [0.1, 0.15) is 0 Å². The summed E-state index contributed by atoms with van der Waals surface area (Å²) in [4.78, 5) is 4.52. The number of hydrogen-bond donors (Lipinski definition) is 1. The second-order valence-electron chi connectivity index (χ2n) is 6.36. The summed E-state index contributed by atoms with van der Waals surface area (Å²) in [6.45, 7) is 3.41. The zero-order valence-corrected chi connectivity index (χ0v) is 17.4. The van der Waals surface area contributed by atoms with E-state index >= 15 is 0 Å². The molecular weight excluding hydrogens is 409 g/mol. The molecule has 1 aliphatic rings. The van der Waals surface area contributed by atoms with Gasteiger partial charge in [0.25, 0.3) is 10.0 Å². The van der Waals surface area contributed by atoms with Crippen LogP contribution in [0.15, 0.2) is 41.3 Å². The number of piperazine rings is 1. The fourth-order valence-corrected chi connectivity index (χ4v) is 4.27. The number of benzene rings is 2. The lowest BCUT2D eigenvalue weighted by Gasteiger charge is -2.34. The molecule has 0 saturated carbocycles. The minimum absolute atomic E-state index is 0.156. The number of nitrogens with zero attached hydrogens (tertiary/aromatic N) is 2. The Balaban J connectivity index is 1.90. The van der Waals surface area contributed by atoms with Crippen molar-refractivity contribution in [3.8, 4) is 5.75 Å². The topological polar surface area (TPSA) is 61.9 Å². The Morgan fingerprint density at radius 3 is 2.33 bits per heavy atom. The molecule has 3 rings (SSSR count). The van der Waals surface area contributed by atoms with Gasteiger partial charge in [-0.15, -0.1) is 0 Å². The van der Waals surface area contributed by atoms with Crippen LogP contribution >= 0.6 is 23.2 Å². The number of nitrogens with one attached hydrogen (secondary N) is 1. The monoisotopic (exact) mass is 429 g/mol. The van der Waals surface area contributed by atoms with Crippen LogP contribution in [-0.2, 0) is 10.0 Å². The van der Waals surface area contributed by atoms with E-state index in [0.29, 0.717) is 16.5 Å². The highest BCUT2D eigenvalue weighted by atomic mass is 35.5. The predicted octanol–water partition coefficient (Wildman–Crippen LogP) is 3.55. The van der Waals surface area contributed by atoms with Crippen molar-refractivity contribution in [3.63, 3.8) is 0 Å². The van der Waals surface area contributed by atoms with Gasteiger partial charge in [-0.2, -0.15) is 0 Å². The quantitative estimate of drug-likeness (QED) is 0.786. The first-order chi connectivity index (χ1) is 12.8. The minimum atomic E-state index is -3.78. The maximum Gasteiger partial charge on any atom is 0.261 e. The Hall–Kier alpha value is -1.67. The zero-order chi connectivity index (χ0) is 19.6. The Morgan fingerprint density at radius 1 is 1.00 bits per heavy atom. The van der Waals surface area contributed by atoms with Gasteiger partial charge in [0, 0.05) is 26.2 Å². The van der Waals surface area contributed by atoms with Crippen molar-refractivity contribution in [1.82, 2.24) is 4.90 Å². The number of methoxy groups -OCH3 is 1. The van der Waals surface area contributed by atoms with E-state index in [4.69, 9.17) is 27.9 Å². The third-order valence-electron chi connectivity index (χ3n) is 4.48. The van der Waals surface area contributed by atoms with Gasteiger partial charge in [0.05, 0.1) is 33.4 Å². The van der Waals surface area contributed by atoms with Crippen LogP contribution in [0.2, 0.25) is 10.0 Å². The number of ether oxygens (including phenoxy) is 1. The maximum atomic E-state index is 12.8. The van der Waals surface area contributed by atoms with Crippen LogP contribution in [0.4, 0.5) is 11.4 Å². The van der Waals surface area contributed by atoms with E-state index in [1.54, 1.807) is 31.4 Å². The van der Waals surface area contributed by atoms with E-state index < -0.39 is 10.0 Å². The Labute approximate surface area is 169 Å². The molecule has 9 heteroatoms. The summed E-state index contributed by atoms with van der Waals surface area (Å²) < 4.78 is 33.6. The second-order valence-corrected chi connectivity index (χ2v) is 8.86. The van der Waals surface area contributed by atoms with Gasteiger partial charge in [0.2, 0.25) is 0 Å². The van der Waals surface area contributed by atoms with Crippen LogP contribution in [0, 0.1) is 0 Å². The lowest BCUT2D eigenvalue weighted by Crippen LogP contribution is -2.44. The Morgan fingerprint density at radius 2 is 1.70 bits per heavy atom. The van der Waals surface area contributed by atoms with E-state index in [-0.39, 0.29) is 9.92 Å². The molecule has 1 aliphatic heterocycles. The summed E-state index contributed by atoms with van der Waals surface area (Å²) in [6.07, 6.45) is 0. The van der Waals surface area contributed by atoms with Crippen LogP contribution in [0.25, 0.3) is 0 Å². The van der Waals surface area contributed by atoms with Gasteiger partial charge < -0.3 is 14.5 Å². The normalized spacial score (nSPS) is 15.6. The van der Waals surface area contributed by atoms with Crippen molar-refractivity contribution in [2.24, 2.45) is 0 Å². The number of likely N-dealkylation sites (N-methyl/N-ethyl adjacent to an activating group) is 1. The van der Waals surface area contributed by atoms with Crippen molar-refractivity contribution in [2.75, 3.05) is 50.0 Å². The molecule has 0 aliphatic carbocycles. The molecule has 0 atom stereocenters. The van der Waals surface area contributed by atoms with Gasteiger partial charge in [-0.3, -0.25) is 4.72 Å².